The molecule has 0 radical (unpaired) electrons. The van der Waals surface area contributed by atoms with Crippen molar-refractivity contribution in [1.82, 2.24) is 19.8 Å². The van der Waals surface area contributed by atoms with Gasteiger partial charge in [-0.05, 0) is 23.3 Å². The van der Waals surface area contributed by atoms with Gasteiger partial charge in [0.15, 0.2) is 0 Å². The third-order valence-electron chi connectivity index (χ3n) is 7.89. The van der Waals surface area contributed by atoms with E-state index in [1.807, 2.05) is 60.6 Å². The summed E-state index contributed by atoms with van der Waals surface area (Å²) >= 11 is 0. The molecule has 4 aromatic rings. The van der Waals surface area contributed by atoms with Crippen LogP contribution < -0.4 is 5.32 Å². The molecule has 0 spiro atoms. The summed E-state index contributed by atoms with van der Waals surface area (Å²) in [7, 11) is 6.46. The van der Waals surface area contributed by atoms with Gasteiger partial charge in [0, 0.05) is 29.4 Å². The first-order valence-corrected chi connectivity index (χ1v) is 12.8. The smallest absolute Gasteiger partial charge is 0.254 e. The maximum atomic E-state index is 12.9. The third kappa shape index (κ3) is 4.29. The van der Waals surface area contributed by atoms with Crippen LogP contribution >= 0.6 is 0 Å². The third-order valence-corrected chi connectivity index (χ3v) is 7.89. The van der Waals surface area contributed by atoms with Crippen LogP contribution in [0.3, 0.4) is 0 Å². The van der Waals surface area contributed by atoms with Crippen molar-refractivity contribution in [2.24, 2.45) is 7.05 Å². The van der Waals surface area contributed by atoms with E-state index in [1.165, 1.54) is 0 Å². The Bertz CT molecular complexity index is 1590. The Hall–Kier alpha value is -3.97. The summed E-state index contributed by atoms with van der Waals surface area (Å²) in [6.07, 6.45) is 6.36. The van der Waals surface area contributed by atoms with Crippen LogP contribution in [-0.4, -0.2) is 71.0 Å². The van der Waals surface area contributed by atoms with E-state index >= 15 is 0 Å². The average Bonchev–Trinajstić information content (AvgIpc) is 3.40. The lowest BCUT2D eigenvalue weighted by atomic mass is 10.0. The maximum Gasteiger partial charge on any atom is 0.254 e. The van der Waals surface area contributed by atoms with Crippen molar-refractivity contribution in [2.75, 3.05) is 40.3 Å². The minimum Gasteiger partial charge on any atom is -0.346 e. The Morgan fingerprint density at radius 2 is 1.89 bits per heavy atom. The Kier molecular flexibility index (Phi) is 5.60. The number of hydrogen-bond acceptors (Lipinski definition) is 3. The Balaban J connectivity index is 1.24. The van der Waals surface area contributed by atoms with Gasteiger partial charge < -0.3 is 19.3 Å². The molecule has 1 N–H and O–H groups in total. The van der Waals surface area contributed by atoms with E-state index in [4.69, 9.17) is 0 Å². The maximum absolute atomic E-state index is 12.9. The summed E-state index contributed by atoms with van der Waals surface area (Å²) in [5, 5.41) is 6.04. The zero-order valence-corrected chi connectivity index (χ0v) is 21.6. The molecule has 37 heavy (non-hydrogen) atoms. The van der Waals surface area contributed by atoms with E-state index in [0.29, 0.717) is 13.0 Å². The van der Waals surface area contributed by atoms with Crippen LogP contribution in [0.25, 0.3) is 33.8 Å². The van der Waals surface area contributed by atoms with Crippen LogP contribution in [-0.2, 0) is 24.8 Å². The number of rotatable bonds is 4. The van der Waals surface area contributed by atoms with Crippen molar-refractivity contribution in [3.8, 4) is 0 Å². The number of pyridine rings is 1. The lowest BCUT2D eigenvalue weighted by Crippen LogP contribution is -2.56. The van der Waals surface area contributed by atoms with Crippen molar-refractivity contribution in [3.05, 3.63) is 76.7 Å². The monoisotopic (exact) mass is 494 g/mol. The second-order valence-corrected chi connectivity index (χ2v) is 10.9. The number of carbonyl (C=O) groups excluding carboxylic acids is 2. The number of amides is 2. The number of aromatic nitrogens is 2. The fraction of sp³-hybridized carbons (Fsp3) is 0.300. The van der Waals surface area contributed by atoms with Gasteiger partial charge in [0.05, 0.1) is 75.7 Å². The molecule has 2 aliphatic rings. The molecule has 2 amide bonds. The highest BCUT2D eigenvalue weighted by molar-refractivity contribution is 6.17. The van der Waals surface area contributed by atoms with Gasteiger partial charge in [-0.2, -0.15) is 0 Å². The molecule has 7 heteroatoms. The molecule has 0 unspecified atom stereocenters. The van der Waals surface area contributed by atoms with E-state index in [0.717, 1.165) is 80.4 Å². The number of nitrogens with zero attached hydrogens (tertiary/aromatic N) is 4. The largest absolute Gasteiger partial charge is 0.346 e. The molecule has 1 fully saturated rings. The summed E-state index contributed by atoms with van der Waals surface area (Å²) < 4.78 is 3.10. The highest BCUT2D eigenvalue weighted by Crippen LogP contribution is 2.34. The van der Waals surface area contributed by atoms with Gasteiger partial charge in [0.1, 0.15) is 0 Å². The van der Waals surface area contributed by atoms with Crippen molar-refractivity contribution < 1.29 is 14.1 Å². The van der Waals surface area contributed by atoms with E-state index in [-0.39, 0.29) is 11.8 Å². The topological polar surface area (TPSA) is 67.2 Å². The standard InChI is InChI=1S/C30H31N5O2/c1-33-26-19-32-30(37)28(26)24-10-8-22-18-31-23(17-25(22)29(24)33)9-7-20-5-4-6-21(15-20)16-27(36)34-11-13-35(2,3)14-12-34/h4-10,15,17-18H,11-14,16,19H2,1-3H3/p+1/b9-7+. The molecule has 0 bridgehead atoms. The molecule has 0 atom stereocenters. The predicted octanol–water partition coefficient (Wildman–Crippen LogP) is 3.60. The SMILES string of the molecule is Cn1c2c(c3ccc4cnc(/C=C/c5cccc(CC(=O)N6CC[N+](C)(C)CC6)c5)cc4c31)C(=O)NC2. The number of quaternary nitrogens is 1. The summed E-state index contributed by atoms with van der Waals surface area (Å²) in [5.41, 5.74) is 5.79. The van der Waals surface area contributed by atoms with Crippen LogP contribution in [0, 0.1) is 0 Å². The second kappa shape index (κ2) is 8.85. The number of fused-ring (bicyclic) bond motifs is 5. The molecule has 2 aromatic carbocycles. The van der Waals surface area contributed by atoms with Crippen LogP contribution in [0.1, 0.15) is 32.9 Å². The average molecular weight is 495 g/mol. The Labute approximate surface area is 216 Å². The van der Waals surface area contributed by atoms with Crippen LogP contribution in [0.2, 0.25) is 0 Å². The first-order chi connectivity index (χ1) is 17.8. The summed E-state index contributed by atoms with van der Waals surface area (Å²) in [6.45, 7) is 4.20. The normalized spacial score (nSPS) is 17.1. The fourth-order valence-electron chi connectivity index (χ4n) is 5.57. The van der Waals surface area contributed by atoms with Crippen molar-refractivity contribution in [1.29, 1.82) is 0 Å². The predicted molar refractivity (Wildman–Crippen MR) is 147 cm³/mol. The van der Waals surface area contributed by atoms with Crippen LogP contribution in [0.5, 0.6) is 0 Å². The summed E-state index contributed by atoms with van der Waals surface area (Å²) in [4.78, 5) is 31.9. The van der Waals surface area contributed by atoms with Crippen molar-refractivity contribution in [3.63, 3.8) is 0 Å². The number of hydrogen-bond donors (Lipinski definition) is 1. The molecule has 0 aliphatic carbocycles. The van der Waals surface area contributed by atoms with E-state index < -0.39 is 0 Å². The molecular weight excluding hydrogens is 462 g/mol. The first-order valence-electron chi connectivity index (χ1n) is 12.8. The zero-order valence-electron chi connectivity index (χ0n) is 21.6. The summed E-state index contributed by atoms with van der Waals surface area (Å²) in [6, 6.07) is 14.3. The fourth-order valence-corrected chi connectivity index (χ4v) is 5.57. The van der Waals surface area contributed by atoms with Gasteiger partial charge in [-0.1, -0.05) is 42.5 Å². The summed E-state index contributed by atoms with van der Waals surface area (Å²) in [5.74, 6) is 0.194. The van der Waals surface area contributed by atoms with Gasteiger partial charge in [-0.3, -0.25) is 14.6 Å². The van der Waals surface area contributed by atoms with Crippen LogP contribution in [0.15, 0.2) is 48.7 Å². The Morgan fingerprint density at radius 1 is 1.08 bits per heavy atom. The van der Waals surface area contributed by atoms with Gasteiger partial charge in [0.2, 0.25) is 5.91 Å². The number of carbonyl (C=O) groups is 2. The number of nitrogens with one attached hydrogen (secondary N) is 1. The number of benzene rings is 2. The van der Waals surface area contributed by atoms with E-state index in [1.54, 1.807) is 0 Å². The molecule has 0 saturated carbocycles. The van der Waals surface area contributed by atoms with Gasteiger partial charge in [0.25, 0.3) is 5.91 Å². The quantitative estimate of drug-likeness (QED) is 0.441. The first kappa shape index (κ1) is 23.4. The highest BCUT2D eigenvalue weighted by atomic mass is 16.2. The van der Waals surface area contributed by atoms with Gasteiger partial charge in [-0.15, -0.1) is 0 Å². The highest BCUT2D eigenvalue weighted by Gasteiger charge is 2.28. The van der Waals surface area contributed by atoms with Gasteiger partial charge in [-0.25, -0.2) is 0 Å². The van der Waals surface area contributed by atoms with E-state index in [2.05, 4.69) is 41.1 Å². The number of likely N-dealkylation sites (N-methyl/N-ethyl adjacent to an activating group) is 1. The lowest BCUT2D eigenvalue weighted by Gasteiger charge is -2.39. The zero-order chi connectivity index (χ0) is 25.7. The molecule has 7 nitrogen and oxygen atoms in total. The van der Waals surface area contributed by atoms with Crippen LogP contribution in [0.4, 0.5) is 0 Å². The minimum atomic E-state index is -0.00391. The molecule has 6 rings (SSSR count). The molecular formula is C30H32N5O2+. The molecule has 2 aliphatic heterocycles. The number of aryl methyl sites for hydroxylation is 1. The molecule has 4 heterocycles. The molecule has 2 aromatic heterocycles. The second-order valence-electron chi connectivity index (χ2n) is 10.9. The molecule has 1 saturated heterocycles. The molecule has 188 valence electrons. The number of piperazine rings is 1. The van der Waals surface area contributed by atoms with Gasteiger partial charge >= 0.3 is 0 Å². The van der Waals surface area contributed by atoms with E-state index in [9.17, 15) is 9.59 Å². The minimum absolute atomic E-state index is 0.00391. The van der Waals surface area contributed by atoms with Crippen molar-refractivity contribution >= 4 is 45.6 Å². The Morgan fingerprint density at radius 3 is 2.70 bits per heavy atom. The van der Waals surface area contributed by atoms with Crippen molar-refractivity contribution in [2.45, 2.75) is 13.0 Å². The lowest BCUT2D eigenvalue weighted by molar-refractivity contribution is -0.894.